The van der Waals surface area contributed by atoms with Crippen molar-refractivity contribution in [2.24, 2.45) is 5.92 Å². The minimum absolute atomic E-state index is 0.0497. The molecule has 1 amide bonds. The quantitative estimate of drug-likeness (QED) is 0.430. The molecule has 6 nitrogen and oxygen atoms in total. The van der Waals surface area contributed by atoms with Gasteiger partial charge in [-0.1, -0.05) is 44.9 Å². The molecule has 0 bridgehead atoms. The summed E-state index contributed by atoms with van der Waals surface area (Å²) in [6, 6.07) is 10.0. The van der Waals surface area contributed by atoms with Gasteiger partial charge in [-0.15, -0.1) is 0 Å². The van der Waals surface area contributed by atoms with Crippen molar-refractivity contribution in [3.05, 3.63) is 65.2 Å². The number of carboxylic acid groups (broad SMARTS) is 1. The van der Waals surface area contributed by atoms with Crippen LogP contribution in [0.25, 0.3) is 0 Å². The van der Waals surface area contributed by atoms with E-state index in [4.69, 9.17) is 4.74 Å². The third kappa shape index (κ3) is 6.40. The molecule has 3 rings (SSSR count). The Balaban J connectivity index is 1.98. The van der Waals surface area contributed by atoms with Gasteiger partial charge in [-0.2, -0.15) is 0 Å². The van der Waals surface area contributed by atoms with Crippen molar-refractivity contribution in [2.75, 3.05) is 33.3 Å². The van der Waals surface area contributed by atoms with E-state index >= 15 is 0 Å². The Bertz CT molecular complexity index is 1020. The van der Waals surface area contributed by atoms with Gasteiger partial charge in [0.15, 0.2) is 11.6 Å². The molecule has 0 aliphatic carbocycles. The molecule has 8 heteroatoms. The number of likely N-dealkylation sites (tertiary alicyclic amines) is 1. The summed E-state index contributed by atoms with van der Waals surface area (Å²) < 4.78 is 33.0. The number of rotatable bonds is 12. The van der Waals surface area contributed by atoms with Crippen LogP contribution in [0.1, 0.15) is 62.6 Å². The van der Waals surface area contributed by atoms with Crippen molar-refractivity contribution >= 4 is 11.9 Å². The van der Waals surface area contributed by atoms with Gasteiger partial charge in [0.2, 0.25) is 5.91 Å². The zero-order chi connectivity index (χ0) is 26.2. The second kappa shape index (κ2) is 12.8. The second-order valence-electron chi connectivity index (χ2n) is 9.38. The number of aliphatic carboxylic acids is 1. The van der Waals surface area contributed by atoms with Crippen molar-refractivity contribution in [3.63, 3.8) is 0 Å². The molecule has 1 saturated heterocycles. The monoisotopic (exact) mass is 502 g/mol. The molecule has 1 heterocycles. The molecule has 3 unspecified atom stereocenters. The lowest BCUT2D eigenvalue weighted by Crippen LogP contribution is -2.42. The third-order valence-corrected chi connectivity index (χ3v) is 6.97. The lowest BCUT2D eigenvalue weighted by Gasteiger charge is -2.30. The first kappa shape index (κ1) is 27.6. The molecule has 0 saturated carbocycles. The van der Waals surface area contributed by atoms with Gasteiger partial charge in [0, 0.05) is 31.6 Å². The van der Waals surface area contributed by atoms with Crippen LogP contribution >= 0.6 is 0 Å². The highest BCUT2D eigenvalue weighted by atomic mass is 19.2. The summed E-state index contributed by atoms with van der Waals surface area (Å²) in [6.07, 6.45) is 3.72. The van der Waals surface area contributed by atoms with Crippen LogP contribution in [0, 0.1) is 17.6 Å². The lowest BCUT2D eigenvalue weighted by atomic mass is 9.83. The summed E-state index contributed by atoms with van der Waals surface area (Å²) in [5.74, 6) is -4.02. The first-order chi connectivity index (χ1) is 17.3. The average molecular weight is 503 g/mol. The third-order valence-electron chi connectivity index (χ3n) is 6.97. The van der Waals surface area contributed by atoms with Crippen LogP contribution in [-0.4, -0.2) is 60.1 Å². The van der Waals surface area contributed by atoms with E-state index in [9.17, 15) is 23.5 Å². The Morgan fingerprint density at radius 2 is 1.61 bits per heavy atom. The number of amides is 1. The van der Waals surface area contributed by atoms with Gasteiger partial charge in [-0.05, 0) is 48.2 Å². The van der Waals surface area contributed by atoms with Crippen LogP contribution in [0.4, 0.5) is 8.78 Å². The molecular formula is C28H36F2N2O4. The minimum Gasteiger partial charge on any atom is -0.497 e. The fraction of sp³-hybridized carbons (Fsp3) is 0.500. The summed E-state index contributed by atoms with van der Waals surface area (Å²) in [4.78, 5) is 29.7. The molecule has 0 radical (unpaired) electrons. The number of hydrogen-bond donors (Lipinski definition) is 1. The van der Waals surface area contributed by atoms with E-state index in [1.54, 1.807) is 31.4 Å². The molecule has 2 aromatic rings. The molecule has 1 aliphatic rings. The van der Waals surface area contributed by atoms with Gasteiger partial charge in [0.1, 0.15) is 5.75 Å². The van der Waals surface area contributed by atoms with Crippen molar-refractivity contribution in [1.29, 1.82) is 0 Å². The number of carbonyl (C=O) groups is 2. The topological polar surface area (TPSA) is 70.1 Å². The van der Waals surface area contributed by atoms with Crippen molar-refractivity contribution in [2.45, 2.75) is 51.5 Å². The smallest absolute Gasteiger partial charge is 0.309 e. The summed E-state index contributed by atoms with van der Waals surface area (Å²) in [7, 11) is 1.55. The zero-order valence-electron chi connectivity index (χ0n) is 21.3. The van der Waals surface area contributed by atoms with E-state index in [2.05, 4.69) is 13.8 Å². The van der Waals surface area contributed by atoms with E-state index in [0.717, 1.165) is 43.4 Å². The fourth-order valence-corrected chi connectivity index (χ4v) is 5.00. The highest BCUT2D eigenvalue weighted by molar-refractivity contribution is 5.79. The number of unbranched alkanes of at least 4 members (excludes halogenated alkanes) is 2. The summed E-state index contributed by atoms with van der Waals surface area (Å²) >= 11 is 0. The van der Waals surface area contributed by atoms with E-state index in [0.29, 0.717) is 24.4 Å². The van der Waals surface area contributed by atoms with Gasteiger partial charge >= 0.3 is 5.97 Å². The number of hydrogen-bond acceptors (Lipinski definition) is 4. The molecular weight excluding hydrogens is 466 g/mol. The highest BCUT2D eigenvalue weighted by Gasteiger charge is 2.48. The maximum atomic E-state index is 14.1. The molecule has 196 valence electrons. The molecule has 1 N–H and O–H groups in total. The minimum atomic E-state index is -1.05. The summed E-state index contributed by atoms with van der Waals surface area (Å²) in [5.41, 5.74) is 1.14. The number of halogens is 2. The second-order valence-corrected chi connectivity index (χ2v) is 9.38. The largest absolute Gasteiger partial charge is 0.497 e. The van der Waals surface area contributed by atoms with Gasteiger partial charge in [0.05, 0.1) is 19.6 Å². The maximum absolute atomic E-state index is 14.1. The summed E-state index contributed by atoms with van der Waals surface area (Å²) in [5, 5.41) is 10.3. The number of benzene rings is 2. The standard InChI is InChI=1S/C28H36F2N2O4/c1-4-6-14-31(15-7-5-2)25(33)18-32-17-22(20-10-13-23(29)24(30)16-20)26(28(34)35)27(32)19-8-11-21(36-3)12-9-19/h8-13,16,22,26-27H,4-7,14-15,17-18H2,1-3H3,(H,34,35). The molecule has 0 spiro atoms. The predicted octanol–water partition coefficient (Wildman–Crippen LogP) is 5.24. The Kier molecular flexibility index (Phi) is 9.81. The molecule has 0 aromatic heterocycles. The van der Waals surface area contributed by atoms with Crippen molar-refractivity contribution < 1.29 is 28.2 Å². The van der Waals surface area contributed by atoms with Crippen LogP contribution in [0.15, 0.2) is 42.5 Å². The Labute approximate surface area is 211 Å². The van der Waals surface area contributed by atoms with Crippen molar-refractivity contribution in [3.8, 4) is 5.75 Å². The normalized spacial score (nSPS) is 19.9. The lowest BCUT2D eigenvalue weighted by molar-refractivity contribution is -0.144. The van der Waals surface area contributed by atoms with Gasteiger partial charge in [-0.25, -0.2) is 8.78 Å². The fourth-order valence-electron chi connectivity index (χ4n) is 5.00. The Morgan fingerprint density at radius 3 is 2.14 bits per heavy atom. The number of carboxylic acids is 1. The molecule has 2 aromatic carbocycles. The van der Waals surface area contributed by atoms with Crippen LogP contribution < -0.4 is 4.74 Å². The van der Waals surface area contributed by atoms with Crippen LogP contribution in [-0.2, 0) is 9.59 Å². The van der Waals surface area contributed by atoms with E-state index in [1.807, 2.05) is 9.80 Å². The molecule has 36 heavy (non-hydrogen) atoms. The first-order valence-electron chi connectivity index (χ1n) is 12.6. The molecule has 3 atom stereocenters. The Morgan fingerprint density at radius 1 is 1.00 bits per heavy atom. The Hall–Kier alpha value is -3.00. The average Bonchev–Trinajstić information content (AvgIpc) is 3.25. The van der Waals surface area contributed by atoms with Gasteiger partial charge < -0.3 is 14.7 Å². The van der Waals surface area contributed by atoms with Crippen LogP contribution in [0.2, 0.25) is 0 Å². The molecule has 1 fully saturated rings. The summed E-state index contributed by atoms with van der Waals surface area (Å²) in [6.45, 7) is 5.75. The zero-order valence-corrected chi connectivity index (χ0v) is 21.3. The first-order valence-corrected chi connectivity index (χ1v) is 12.6. The number of methoxy groups -OCH3 is 1. The van der Waals surface area contributed by atoms with E-state index in [-0.39, 0.29) is 19.0 Å². The van der Waals surface area contributed by atoms with E-state index < -0.39 is 35.5 Å². The SMILES string of the molecule is CCCCN(CCCC)C(=O)CN1CC(c2ccc(F)c(F)c2)C(C(=O)O)C1c1ccc(OC)cc1. The van der Waals surface area contributed by atoms with E-state index in [1.165, 1.54) is 6.07 Å². The van der Waals surface area contributed by atoms with Crippen LogP contribution in [0.5, 0.6) is 5.75 Å². The number of ether oxygens (including phenoxy) is 1. The number of nitrogens with zero attached hydrogens (tertiary/aromatic N) is 2. The predicted molar refractivity (Wildman–Crippen MR) is 134 cm³/mol. The number of carbonyl (C=O) groups excluding carboxylic acids is 1. The van der Waals surface area contributed by atoms with Crippen LogP contribution in [0.3, 0.4) is 0 Å². The van der Waals surface area contributed by atoms with Gasteiger partial charge in [-0.3, -0.25) is 14.5 Å². The van der Waals surface area contributed by atoms with Crippen molar-refractivity contribution in [1.82, 2.24) is 9.80 Å². The highest BCUT2D eigenvalue weighted by Crippen LogP contribution is 2.46. The molecule has 1 aliphatic heterocycles. The van der Waals surface area contributed by atoms with Gasteiger partial charge in [0.25, 0.3) is 0 Å². The maximum Gasteiger partial charge on any atom is 0.309 e.